The van der Waals surface area contributed by atoms with Crippen LogP contribution in [-0.2, 0) is 38.3 Å². The number of benzene rings is 2. The Balaban J connectivity index is 1.56. The minimum absolute atomic E-state index is 0.0366. The molecule has 3 amide bonds. The van der Waals surface area contributed by atoms with Crippen LogP contribution in [0.15, 0.2) is 48.5 Å². The van der Waals surface area contributed by atoms with Gasteiger partial charge in [-0.25, -0.2) is 0 Å². The molecule has 2 aliphatic rings. The lowest BCUT2D eigenvalue weighted by Gasteiger charge is -2.28. The van der Waals surface area contributed by atoms with Crippen molar-refractivity contribution in [2.24, 2.45) is 0 Å². The minimum Gasteiger partial charge on any atom is -0.496 e. The van der Waals surface area contributed by atoms with Crippen molar-refractivity contribution in [3.8, 4) is 5.75 Å². The van der Waals surface area contributed by atoms with E-state index in [1.165, 1.54) is 19.2 Å². The maximum absolute atomic E-state index is 13.7. The van der Waals surface area contributed by atoms with Crippen molar-refractivity contribution in [1.29, 1.82) is 0 Å². The Labute approximate surface area is 217 Å². The maximum atomic E-state index is 13.7. The molecule has 0 bridgehead atoms. The highest BCUT2D eigenvalue weighted by atomic mass is 19.4. The summed E-state index contributed by atoms with van der Waals surface area (Å²) in [4.78, 5) is 52.6. The first-order chi connectivity index (χ1) is 18.1. The van der Waals surface area contributed by atoms with Crippen LogP contribution >= 0.6 is 0 Å². The fourth-order valence-corrected chi connectivity index (χ4v) is 4.53. The normalized spacial score (nSPS) is 18.2. The molecule has 0 aromatic heterocycles. The summed E-state index contributed by atoms with van der Waals surface area (Å²) in [7, 11) is 1.22. The van der Waals surface area contributed by atoms with E-state index >= 15 is 0 Å². The van der Waals surface area contributed by atoms with Gasteiger partial charge in [-0.1, -0.05) is 36.4 Å². The Morgan fingerprint density at radius 2 is 1.76 bits per heavy atom. The van der Waals surface area contributed by atoms with Crippen LogP contribution in [0, 0.1) is 0 Å². The zero-order valence-corrected chi connectivity index (χ0v) is 20.7. The van der Waals surface area contributed by atoms with E-state index in [1.807, 2.05) is 0 Å². The summed E-state index contributed by atoms with van der Waals surface area (Å²) < 4.78 is 46.3. The van der Waals surface area contributed by atoms with Crippen LogP contribution in [-0.4, -0.2) is 53.6 Å². The zero-order valence-electron chi connectivity index (χ0n) is 20.7. The third kappa shape index (κ3) is 6.32. The van der Waals surface area contributed by atoms with Crippen LogP contribution < -0.4 is 15.4 Å². The molecule has 0 spiro atoms. The van der Waals surface area contributed by atoms with Gasteiger partial charge in [-0.2, -0.15) is 13.2 Å². The number of carbonyl (C=O) groups is 4. The van der Waals surface area contributed by atoms with Gasteiger partial charge in [0.15, 0.2) is 0 Å². The predicted molar refractivity (Wildman–Crippen MR) is 130 cm³/mol. The van der Waals surface area contributed by atoms with E-state index in [0.29, 0.717) is 5.56 Å². The molecule has 0 radical (unpaired) electrons. The molecule has 202 valence electrons. The highest BCUT2D eigenvalue weighted by Gasteiger charge is 2.41. The topological polar surface area (TPSA) is 105 Å². The van der Waals surface area contributed by atoms with Crippen molar-refractivity contribution in [3.63, 3.8) is 0 Å². The number of halogens is 3. The number of ketones is 1. The van der Waals surface area contributed by atoms with Gasteiger partial charge >= 0.3 is 6.18 Å². The van der Waals surface area contributed by atoms with Crippen LogP contribution in [0.25, 0.3) is 0 Å². The smallest absolute Gasteiger partial charge is 0.416 e. The second kappa shape index (κ2) is 11.2. The summed E-state index contributed by atoms with van der Waals surface area (Å²) in [6.07, 6.45) is -3.11. The molecule has 8 nitrogen and oxygen atoms in total. The van der Waals surface area contributed by atoms with E-state index in [9.17, 15) is 32.3 Å². The van der Waals surface area contributed by atoms with Crippen LogP contribution in [0.3, 0.4) is 0 Å². The highest BCUT2D eigenvalue weighted by Crippen LogP contribution is 2.37. The van der Waals surface area contributed by atoms with Crippen molar-refractivity contribution in [3.05, 3.63) is 65.2 Å². The van der Waals surface area contributed by atoms with Gasteiger partial charge in [-0.15, -0.1) is 0 Å². The van der Waals surface area contributed by atoms with Gasteiger partial charge in [-0.3, -0.25) is 19.2 Å². The third-order valence-electron chi connectivity index (χ3n) is 6.67. The molecule has 1 saturated heterocycles. The lowest BCUT2D eigenvalue weighted by molar-refractivity contribution is -0.142. The number of alkyl halides is 3. The van der Waals surface area contributed by atoms with E-state index in [1.54, 1.807) is 30.3 Å². The molecular weight excluding hydrogens is 503 g/mol. The molecule has 11 heteroatoms. The lowest BCUT2D eigenvalue weighted by atomic mass is 10.0. The number of rotatable bonds is 10. The number of nitrogens with zero attached hydrogens (tertiary/aromatic N) is 1. The number of likely N-dealkylation sites (tertiary alicyclic amines) is 1. The van der Waals surface area contributed by atoms with Gasteiger partial charge in [0.25, 0.3) is 5.91 Å². The molecule has 1 aliphatic carbocycles. The van der Waals surface area contributed by atoms with E-state index in [4.69, 9.17) is 4.74 Å². The fourth-order valence-electron chi connectivity index (χ4n) is 4.53. The van der Waals surface area contributed by atoms with Gasteiger partial charge in [0.2, 0.25) is 17.6 Å². The highest BCUT2D eigenvalue weighted by molar-refractivity contribution is 6.38. The fraction of sp³-hybridized carbons (Fsp3) is 0.407. The number of hydrogen-bond acceptors (Lipinski definition) is 5. The van der Waals surface area contributed by atoms with Crippen molar-refractivity contribution < 1.29 is 37.1 Å². The summed E-state index contributed by atoms with van der Waals surface area (Å²) >= 11 is 0. The van der Waals surface area contributed by atoms with Crippen LogP contribution in [0.2, 0.25) is 0 Å². The lowest BCUT2D eigenvalue weighted by Crippen LogP contribution is -2.53. The number of hydrogen-bond donors (Lipinski definition) is 2. The number of carbonyl (C=O) groups excluding carboxylic acids is 4. The van der Waals surface area contributed by atoms with Crippen LogP contribution in [0.5, 0.6) is 5.75 Å². The van der Waals surface area contributed by atoms with E-state index in [-0.39, 0.29) is 36.6 Å². The predicted octanol–water partition coefficient (Wildman–Crippen LogP) is 2.78. The van der Waals surface area contributed by atoms with Crippen molar-refractivity contribution in [1.82, 2.24) is 15.5 Å². The van der Waals surface area contributed by atoms with Gasteiger partial charge in [0.05, 0.1) is 19.2 Å². The summed E-state index contributed by atoms with van der Waals surface area (Å²) in [5.74, 6) is -2.91. The van der Waals surface area contributed by atoms with Gasteiger partial charge in [-0.05, 0) is 37.0 Å². The minimum atomic E-state index is -4.70. The first-order valence-electron chi connectivity index (χ1n) is 12.3. The van der Waals surface area contributed by atoms with Gasteiger partial charge in [0.1, 0.15) is 17.8 Å². The molecule has 1 heterocycles. The first kappa shape index (κ1) is 27.2. The average Bonchev–Trinajstić information content (AvgIpc) is 3.63. The Bertz CT molecular complexity index is 1210. The first-order valence-corrected chi connectivity index (χ1v) is 12.3. The molecule has 2 aromatic rings. The summed E-state index contributed by atoms with van der Waals surface area (Å²) in [6, 6.07) is 9.84. The molecule has 1 aliphatic heterocycles. The SMILES string of the molecule is COc1cccc(C(F)(F)F)c1CN1C(=O)CCC1C(=O)NC(Cc1ccccc1)C(=O)C(=O)NC1CC1. The number of amides is 3. The molecule has 2 fully saturated rings. The number of Topliss-reactive ketones (excluding diaryl/α,β-unsaturated/α-hetero) is 1. The zero-order chi connectivity index (χ0) is 27.4. The second-order valence-corrected chi connectivity index (χ2v) is 9.42. The third-order valence-corrected chi connectivity index (χ3v) is 6.67. The van der Waals surface area contributed by atoms with Crippen molar-refractivity contribution >= 4 is 23.5 Å². The largest absolute Gasteiger partial charge is 0.496 e. The second-order valence-electron chi connectivity index (χ2n) is 9.42. The monoisotopic (exact) mass is 531 g/mol. The van der Waals surface area contributed by atoms with Crippen LogP contribution in [0.1, 0.15) is 42.4 Å². The Morgan fingerprint density at radius 3 is 2.39 bits per heavy atom. The van der Waals surface area contributed by atoms with E-state index in [2.05, 4.69) is 10.6 Å². The molecule has 2 unspecified atom stereocenters. The van der Waals surface area contributed by atoms with Crippen molar-refractivity contribution in [2.45, 2.75) is 63.0 Å². The molecule has 2 atom stereocenters. The Kier molecular flexibility index (Phi) is 8.03. The van der Waals surface area contributed by atoms with Crippen molar-refractivity contribution in [2.75, 3.05) is 7.11 Å². The number of methoxy groups -OCH3 is 1. The number of nitrogens with one attached hydrogen (secondary N) is 2. The van der Waals surface area contributed by atoms with E-state index < -0.39 is 53.9 Å². The number of ether oxygens (including phenoxy) is 1. The van der Waals surface area contributed by atoms with Gasteiger partial charge in [0, 0.05) is 24.4 Å². The molecule has 1 saturated carbocycles. The molecular formula is C27H28F3N3O5. The Morgan fingerprint density at radius 1 is 1.05 bits per heavy atom. The summed E-state index contributed by atoms with van der Waals surface area (Å²) in [5.41, 5.74) is -0.533. The van der Waals surface area contributed by atoms with E-state index in [0.717, 1.165) is 23.8 Å². The average molecular weight is 532 g/mol. The molecule has 38 heavy (non-hydrogen) atoms. The molecule has 4 rings (SSSR count). The standard InChI is InChI=1S/C27H28F3N3O5/c1-38-22-9-5-8-19(27(28,29)30)18(22)15-33-21(12-13-23(33)34)25(36)32-20(14-16-6-3-2-4-7-16)24(35)26(37)31-17-10-11-17/h2-9,17,20-21H,10-15H2,1H3,(H,31,37)(H,32,36). The molecule has 2 N–H and O–H groups in total. The maximum Gasteiger partial charge on any atom is 0.416 e. The van der Waals surface area contributed by atoms with Gasteiger partial charge < -0.3 is 20.3 Å². The molecule has 2 aromatic carbocycles. The quantitative estimate of drug-likeness (QED) is 0.459. The summed E-state index contributed by atoms with van der Waals surface area (Å²) in [6.45, 7) is -0.505. The Hall–Kier alpha value is -3.89. The summed E-state index contributed by atoms with van der Waals surface area (Å²) in [5, 5.41) is 5.21. The van der Waals surface area contributed by atoms with Crippen LogP contribution in [0.4, 0.5) is 13.2 Å².